The summed E-state index contributed by atoms with van der Waals surface area (Å²) in [6.45, 7) is 6.31. The van der Waals surface area contributed by atoms with Crippen molar-refractivity contribution < 1.29 is 4.74 Å². The minimum atomic E-state index is 0.129. The number of nitrogens with zero attached hydrogens (tertiary/aromatic N) is 1. The molecule has 0 aliphatic carbocycles. The van der Waals surface area contributed by atoms with E-state index in [1.165, 1.54) is 29.2 Å². The lowest BCUT2D eigenvalue weighted by Gasteiger charge is -2.52. The maximum Gasteiger partial charge on any atom is 0.166 e. The van der Waals surface area contributed by atoms with Gasteiger partial charge in [-0.25, -0.2) is 0 Å². The highest BCUT2D eigenvalue weighted by Gasteiger charge is 2.42. The summed E-state index contributed by atoms with van der Waals surface area (Å²) < 4.78 is 5.50. The highest BCUT2D eigenvalue weighted by molar-refractivity contribution is 7.80. The van der Waals surface area contributed by atoms with E-state index in [9.17, 15) is 0 Å². The Morgan fingerprint density at radius 1 is 1.36 bits per heavy atom. The summed E-state index contributed by atoms with van der Waals surface area (Å²) >= 11 is 5.52. The first-order valence-electron chi connectivity index (χ1n) is 10.1. The molecule has 0 radical (unpaired) electrons. The fraction of sp³-hybridized carbons (Fsp3) is 0.435. The predicted octanol–water partition coefficient (Wildman–Crippen LogP) is 3.88. The van der Waals surface area contributed by atoms with Crippen LogP contribution in [0.5, 0.6) is 5.75 Å². The van der Waals surface area contributed by atoms with Crippen LogP contribution in [0.15, 0.2) is 49.1 Å². The van der Waals surface area contributed by atoms with Crippen molar-refractivity contribution in [2.45, 2.75) is 24.9 Å². The first-order valence-corrected chi connectivity index (χ1v) is 10.5. The lowest BCUT2D eigenvalue weighted by molar-refractivity contribution is 0.00432. The van der Waals surface area contributed by atoms with Gasteiger partial charge in [-0.2, -0.15) is 0 Å². The van der Waals surface area contributed by atoms with Gasteiger partial charge in [0.15, 0.2) is 5.11 Å². The topological polar surface area (TPSA) is 36.5 Å². The highest BCUT2D eigenvalue weighted by atomic mass is 32.1. The Morgan fingerprint density at radius 3 is 2.89 bits per heavy atom. The van der Waals surface area contributed by atoms with Gasteiger partial charge in [0.1, 0.15) is 5.75 Å². The molecule has 3 heterocycles. The van der Waals surface area contributed by atoms with E-state index < -0.39 is 0 Å². The number of methoxy groups -OCH3 is 1. The molecule has 2 aromatic rings. The van der Waals surface area contributed by atoms with E-state index in [1.807, 2.05) is 13.1 Å². The number of hydrogen-bond acceptors (Lipinski definition) is 3. The lowest BCUT2D eigenvalue weighted by atomic mass is 9.73. The SMILES string of the molecule is C=CC1CN2CCC1CC2[C@@H](NC(=S)NC)c1cccc2ccc(OC)cc12. The standard InChI is InChI=1S/C23H29N3OS/c1-4-15-14-26-11-10-17(15)12-21(26)22(25-23(28)24-2)19-7-5-6-16-8-9-18(27-3)13-20(16)19/h4-9,13,15,17,21-22H,1,10-12,14H2,2-3H3,(H2,24,25,28)/t15?,17?,21?,22-/m0/s1. The third-order valence-corrected chi connectivity index (χ3v) is 6.83. The number of fused-ring (bicyclic) bond motifs is 4. The van der Waals surface area contributed by atoms with Gasteiger partial charge in [0.05, 0.1) is 13.2 Å². The molecule has 3 saturated heterocycles. The smallest absolute Gasteiger partial charge is 0.166 e. The Labute approximate surface area is 172 Å². The maximum absolute atomic E-state index is 5.52. The van der Waals surface area contributed by atoms with Crippen LogP contribution in [0.1, 0.15) is 24.4 Å². The number of benzene rings is 2. The van der Waals surface area contributed by atoms with Crippen molar-refractivity contribution in [1.29, 1.82) is 0 Å². The molecule has 5 atom stereocenters. The van der Waals surface area contributed by atoms with E-state index in [0.717, 1.165) is 18.8 Å². The van der Waals surface area contributed by atoms with Crippen LogP contribution in [0, 0.1) is 11.8 Å². The second-order valence-electron chi connectivity index (χ2n) is 7.88. The highest BCUT2D eigenvalue weighted by Crippen LogP contribution is 2.42. The van der Waals surface area contributed by atoms with Gasteiger partial charge < -0.3 is 15.4 Å². The minimum absolute atomic E-state index is 0.129. The van der Waals surface area contributed by atoms with Crippen molar-refractivity contribution in [2.75, 3.05) is 27.2 Å². The normalized spacial score (nSPS) is 27.2. The predicted molar refractivity (Wildman–Crippen MR) is 120 cm³/mol. The number of rotatable bonds is 5. The van der Waals surface area contributed by atoms with Crippen molar-refractivity contribution in [1.82, 2.24) is 15.5 Å². The summed E-state index contributed by atoms with van der Waals surface area (Å²) in [7, 11) is 3.59. The van der Waals surface area contributed by atoms with Crippen LogP contribution in [0.25, 0.3) is 10.8 Å². The van der Waals surface area contributed by atoms with Crippen molar-refractivity contribution in [3.8, 4) is 5.75 Å². The van der Waals surface area contributed by atoms with Crippen molar-refractivity contribution in [3.05, 3.63) is 54.6 Å². The average Bonchev–Trinajstić information content (AvgIpc) is 2.76. The summed E-state index contributed by atoms with van der Waals surface area (Å²) in [5, 5.41) is 9.85. The van der Waals surface area contributed by atoms with Gasteiger partial charge in [-0.3, -0.25) is 4.90 Å². The number of hydrogen-bond donors (Lipinski definition) is 2. The van der Waals surface area contributed by atoms with E-state index in [0.29, 0.717) is 23.0 Å². The largest absolute Gasteiger partial charge is 0.497 e. The van der Waals surface area contributed by atoms with Gasteiger partial charge in [-0.15, -0.1) is 6.58 Å². The zero-order chi connectivity index (χ0) is 19.7. The Balaban J connectivity index is 1.76. The van der Waals surface area contributed by atoms with E-state index in [-0.39, 0.29) is 6.04 Å². The quantitative estimate of drug-likeness (QED) is 0.594. The van der Waals surface area contributed by atoms with E-state index >= 15 is 0 Å². The molecule has 5 rings (SSSR count). The number of piperidine rings is 3. The van der Waals surface area contributed by atoms with Crippen LogP contribution in [0.4, 0.5) is 0 Å². The third-order valence-electron chi connectivity index (χ3n) is 6.51. The molecule has 4 unspecified atom stereocenters. The summed E-state index contributed by atoms with van der Waals surface area (Å²) in [6.07, 6.45) is 4.58. The molecule has 28 heavy (non-hydrogen) atoms. The van der Waals surface area contributed by atoms with Gasteiger partial charge >= 0.3 is 0 Å². The fourth-order valence-corrected chi connectivity index (χ4v) is 5.12. The summed E-state index contributed by atoms with van der Waals surface area (Å²) in [5.74, 6) is 2.20. The molecule has 0 saturated carbocycles. The number of nitrogens with one attached hydrogen (secondary N) is 2. The molecule has 3 aliphatic heterocycles. The fourth-order valence-electron chi connectivity index (χ4n) is 4.99. The molecule has 3 aliphatic rings. The zero-order valence-electron chi connectivity index (χ0n) is 16.7. The molecule has 2 aromatic carbocycles. The zero-order valence-corrected chi connectivity index (χ0v) is 17.5. The van der Waals surface area contributed by atoms with Gasteiger partial charge in [0, 0.05) is 19.6 Å². The van der Waals surface area contributed by atoms with E-state index in [1.54, 1.807) is 7.11 Å². The molecule has 0 spiro atoms. The van der Waals surface area contributed by atoms with Gasteiger partial charge in [-0.1, -0.05) is 30.3 Å². The molecule has 148 valence electrons. The average molecular weight is 396 g/mol. The van der Waals surface area contributed by atoms with Crippen LogP contribution in [-0.4, -0.2) is 43.3 Å². The Hall–Kier alpha value is -2.11. The molecule has 5 heteroatoms. The van der Waals surface area contributed by atoms with E-state index in [2.05, 4.69) is 58.5 Å². The Kier molecular flexibility index (Phi) is 5.56. The Bertz CT molecular complexity index is 883. The molecular formula is C23H29N3OS. The minimum Gasteiger partial charge on any atom is -0.497 e. The molecule has 0 aromatic heterocycles. The molecular weight excluding hydrogens is 366 g/mol. The number of ether oxygens (including phenoxy) is 1. The van der Waals surface area contributed by atoms with Crippen molar-refractivity contribution >= 4 is 28.1 Å². The van der Waals surface area contributed by atoms with Crippen LogP contribution in [0.3, 0.4) is 0 Å². The monoisotopic (exact) mass is 395 g/mol. The van der Waals surface area contributed by atoms with Crippen molar-refractivity contribution in [3.63, 3.8) is 0 Å². The van der Waals surface area contributed by atoms with Gasteiger partial charge in [0.25, 0.3) is 0 Å². The van der Waals surface area contributed by atoms with E-state index in [4.69, 9.17) is 17.0 Å². The first-order chi connectivity index (χ1) is 13.6. The van der Waals surface area contributed by atoms with Crippen LogP contribution in [-0.2, 0) is 0 Å². The van der Waals surface area contributed by atoms with Gasteiger partial charge in [-0.05, 0) is 71.9 Å². The summed E-state index contributed by atoms with van der Waals surface area (Å²) in [4.78, 5) is 2.63. The first kappa shape index (κ1) is 19.2. The molecule has 4 nitrogen and oxygen atoms in total. The summed E-state index contributed by atoms with van der Waals surface area (Å²) in [5.41, 5.74) is 1.28. The van der Waals surface area contributed by atoms with Gasteiger partial charge in [0.2, 0.25) is 0 Å². The van der Waals surface area contributed by atoms with Crippen LogP contribution >= 0.6 is 12.2 Å². The maximum atomic E-state index is 5.52. The molecule has 2 N–H and O–H groups in total. The van der Waals surface area contributed by atoms with Crippen LogP contribution in [0.2, 0.25) is 0 Å². The molecule has 3 fully saturated rings. The molecule has 2 bridgehead atoms. The second-order valence-corrected chi connectivity index (χ2v) is 8.29. The second kappa shape index (κ2) is 8.10. The third kappa shape index (κ3) is 3.49. The summed E-state index contributed by atoms with van der Waals surface area (Å²) in [6, 6.07) is 13.4. The molecule has 0 amide bonds. The number of thiocarbonyl (C=S) groups is 1. The van der Waals surface area contributed by atoms with Crippen molar-refractivity contribution in [2.24, 2.45) is 11.8 Å². The Morgan fingerprint density at radius 2 is 2.21 bits per heavy atom. The van der Waals surface area contributed by atoms with Crippen LogP contribution < -0.4 is 15.4 Å². The lowest BCUT2D eigenvalue weighted by Crippen LogP contribution is -2.58.